The van der Waals surface area contributed by atoms with Crippen molar-refractivity contribution in [3.05, 3.63) is 70.6 Å². The van der Waals surface area contributed by atoms with Crippen molar-refractivity contribution in [2.24, 2.45) is 0 Å². The molecule has 0 atom stereocenters. The molecule has 0 spiro atoms. The molecule has 35 heavy (non-hydrogen) atoms. The summed E-state index contributed by atoms with van der Waals surface area (Å²) in [5.41, 5.74) is 2.15. The molecule has 0 saturated carbocycles. The maximum Gasteiger partial charge on any atom is 0.341 e. The third kappa shape index (κ3) is 5.30. The third-order valence-corrected chi connectivity index (χ3v) is 8.51. The van der Waals surface area contributed by atoms with E-state index in [0.717, 1.165) is 16.0 Å². The van der Waals surface area contributed by atoms with Crippen LogP contribution in [0.15, 0.2) is 59.5 Å². The highest BCUT2D eigenvalue weighted by Gasteiger charge is 2.28. The van der Waals surface area contributed by atoms with E-state index in [-0.39, 0.29) is 17.1 Å². The smallest absolute Gasteiger partial charge is 0.341 e. The summed E-state index contributed by atoms with van der Waals surface area (Å²) in [5.74, 6) is -0.968. The Morgan fingerprint density at radius 3 is 2.34 bits per heavy atom. The maximum atomic E-state index is 13.0. The molecule has 1 aromatic heterocycles. The van der Waals surface area contributed by atoms with Gasteiger partial charge in [0.1, 0.15) is 10.6 Å². The van der Waals surface area contributed by atoms with E-state index in [4.69, 9.17) is 9.47 Å². The first-order valence-corrected chi connectivity index (χ1v) is 13.4. The van der Waals surface area contributed by atoms with Gasteiger partial charge < -0.3 is 14.8 Å². The van der Waals surface area contributed by atoms with E-state index >= 15 is 0 Å². The van der Waals surface area contributed by atoms with E-state index < -0.39 is 21.9 Å². The van der Waals surface area contributed by atoms with Crippen molar-refractivity contribution < 1.29 is 27.5 Å². The summed E-state index contributed by atoms with van der Waals surface area (Å²) in [6.07, 6.45) is 0. The molecule has 2 heterocycles. The van der Waals surface area contributed by atoms with Gasteiger partial charge >= 0.3 is 5.97 Å². The number of hydrogen-bond acceptors (Lipinski definition) is 7. The molecule has 0 radical (unpaired) electrons. The largest absolute Gasteiger partial charge is 0.462 e. The lowest BCUT2D eigenvalue weighted by Gasteiger charge is -2.26. The van der Waals surface area contributed by atoms with Crippen LogP contribution in [0.4, 0.5) is 5.00 Å². The Kier molecular flexibility index (Phi) is 7.66. The second kappa shape index (κ2) is 10.7. The Morgan fingerprint density at radius 2 is 1.71 bits per heavy atom. The predicted molar refractivity (Wildman–Crippen MR) is 134 cm³/mol. The number of carbonyl (C=O) groups is 2. The van der Waals surface area contributed by atoms with Gasteiger partial charge in [-0.2, -0.15) is 4.31 Å². The topological polar surface area (TPSA) is 102 Å². The minimum Gasteiger partial charge on any atom is -0.462 e. The van der Waals surface area contributed by atoms with Crippen molar-refractivity contribution in [1.82, 2.24) is 4.31 Å². The van der Waals surface area contributed by atoms with Crippen molar-refractivity contribution in [2.75, 3.05) is 38.2 Å². The fourth-order valence-electron chi connectivity index (χ4n) is 3.87. The third-order valence-electron chi connectivity index (χ3n) is 5.58. The van der Waals surface area contributed by atoms with Gasteiger partial charge in [-0.15, -0.1) is 11.3 Å². The summed E-state index contributed by atoms with van der Waals surface area (Å²) in [4.78, 5) is 26.9. The summed E-state index contributed by atoms with van der Waals surface area (Å²) < 4.78 is 37.5. The molecule has 0 bridgehead atoms. The van der Waals surface area contributed by atoms with E-state index in [1.54, 1.807) is 6.92 Å². The van der Waals surface area contributed by atoms with Gasteiger partial charge in [0.2, 0.25) is 10.0 Å². The second-order valence-electron chi connectivity index (χ2n) is 7.82. The number of anilines is 1. The minimum atomic E-state index is -3.66. The van der Waals surface area contributed by atoms with Crippen LogP contribution in [-0.4, -0.2) is 57.5 Å². The molecule has 0 aliphatic carbocycles. The molecule has 8 nitrogen and oxygen atoms in total. The van der Waals surface area contributed by atoms with Crippen LogP contribution in [0, 0.1) is 6.92 Å². The molecule has 2 aromatic carbocycles. The SMILES string of the molecule is CCOC(=O)c1c(NC(=O)c2ccc(S(=O)(=O)N3CCOCC3)cc2)sc(C)c1-c1ccccc1. The number of morpholine rings is 1. The van der Waals surface area contributed by atoms with E-state index in [0.29, 0.717) is 36.9 Å². The fraction of sp³-hybridized carbons (Fsp3) is 0.280. The summed E-state index contributed by atoms with van der Waals surface area (Å²) in [5, 5.41) is 3.21. The average molecular weight is 515 g/mol. The van der Waals surface area contributed by atoms with Crippen LogP contribution in [0.5, 0.6) is 0 Å². The molecule has 4 rings (SSSR count). The Morgan fingerprint density at radius 1 is 1.06 bits per heavy atom. The predicted octanol–water partition coefficient (Wildman–Crippen LogP) is 4.17. The van der Waals surface area contributed by atoms with Crippen LogP contribution in [0.3, 0.4) is 0 Å². The number of thiophene rings is 1. The number of rotatable bonds is 7. The molecule has 1 amide bonds. The molecule has 1 aliphatic heterocycles. The molecule has 10 heteroatoms. The summed E-state index contributed by atoms with van der Waals surface area (Å²) in [6, 6.07) is 15.2. The highest BCUT2D eigenvalue weighted by atomic mass is 32.2. The summed E-state index contributed by atoms with van der Waals surface area (Å²) in [6.45, 7) is 5.11. The summed E-state index contributed by atoms with van der Waals surface area (Å²) in [7, 11) is -3.66. The van der Waals surface area contributed by atoms with Crippen LogP contribution < -0.4 is 5.32 Å². The lowest BCUT2D eigenvalue weighted by molar-refractivity contribution is 0.0529. The lowest BCUT2D eigenvalue weighted by atomic mass is 10.0. The minimum absolute atomic E-state index is 0.112. The molecular weight excluding hydrogens is 488 g/mol. The number of benzene rings is 2. The monoisotopic (exact) mass is 514 g/mol. The van der Waals surface area contributed by atoms with Crippen molar-refractivity contribution in [3.8, 4) is 11.1 Å². The Balaban J connectivity index is 1.61. The Labute approximate surface area is 208 Å². The van der Waals surface area contributed by atoms with Crippen LogP contribution in [-0.2, 0) is 19.5 Å². The van der Waals surface area contributed by atoms with Gasteiger partial charge in [0, 0.05) is 29.1 Å². The van der Waals surface area contributed by atoms with Crippen LogP contribution in [0.2, 0.25) is 0 Å². The standard InChI is InChI=1S/C25H26N2O6S2/c1-3-33-25(29)22-21(18-7-5-4-6-8-18)17(2)34-24(22)26-23(28)19-9-11-20(12-10-19)35(30,31)27-13-15-32-16-14-27/h4-12H,3,13-16H2,1-2H3,(H,26,28). The quantitative estimate of drug-likeness (QED) is 0.475. The maximum absolute atomic E-state index is 13.0. The number of amides is 1. The number of carbonyl (C=O) groups excluding carboxylic acids is 2. The molecular formula is C25H26N2O6S2. The average Bonchev–Trinajstić information content (AvgIpc) is 3.20. The van der Waals surface area contributed by atoms with Gasteiger partial charge in [-0.1, -0.05) is 30.3 Å². The van der Waals surface area contributed by atoms with Gasteiger partial charge in [-0.3, -0.25) is 4.79 Å². The molecule has 1 fully saturated rings. The van der Waals surface area contributed by atoms with Gasteiger partial charge in [0.25, 0.3) is 5.91 Å². The molecule has 1 N–H and O–H groups in total. The number of nitrogens with zero attached hydrogens (tertiary/aromatic N) is 1. The van der Waals surface area contributed by atoms with Gasteiger partial charge in [-0.05, 0) is 43.7 Å². The first-order valence-electron chi connectivity index (χ1n) is 11.2. The molecule has 1 aliphatic rings. The number of sulfonamides is 1. The van der Waals surface area contributed by atoms with Crippen molar-refractivity contribution >= 4 is 38.2 Å². The summed E-state index contributed by atoms with van der Waals surface area (Å²) >= 11 is 1.29. The van der Waals surface area contributed by atoms with E-state index in [1.165, 1.54) is 39.9 Å². The van der Waals surface area contributed by atoms with E-state index in [2.05, 4.69) is 5.32 Å². The van der Waals surface area contributed by atoms with Crippen LogP contribution >= 0.6 is 11.3 Å². The zero-order valence-electron chi connectivity index (χ0n) is 19.4. The van der Waals surface area contributed by atoms with Crippen LogP contribution in [0.1, 0.15) is 32.5 Å². The number of nitrogens with one attached hydrogen (secondary N) is 1. The lowest BCUT2D eigenvalue weighted by Crippen LogP contribution is -2.40. The van der Waals surface area contributed by atoms with Crippen molar-refractivity contribution in [2.45, 2.75) is 18.7 Å². The highest BCUT2D eigenvalue weighted by molar-refractivity contribution is 7.89. The number of esters is 1. The van der Waals surface area contributed by atoms with E-state index in [9.17, 15) is 18.0 Å². The Bertz CT molecular complexity index is 1310. The number of aryl methyl sites for hydroxylation is 1. The molecule has 184 valence electrons. The Hall–Kier alpha value is -3.05. The van der Waals surface area contributed by atoms with Crippen molar-refractivity contribution in [3.63, 3.8) is 0 Å². The zero-order chi connectivity index (χ0) is 25.0. The van der Waals surface area contributed by atoms with E-state index in [1.807, 2.05) is 37.3 Å². The molecule has 0 unspecified atom stereocenters. The normalized spacial score (nSPS) is 14.5. The number of hydrogen-bond donors (Lipinski definition) is 1. The van der Waals surface area contributed by atoms with Gasteiger partial charge in [0.05, 0.1) is 24.7 Å². The second-order valence-corrected chi connectivity index (χ2v) is 11.0. The van der Waals surface area contributed by atoms with Crippen molar-refractivity contribution in [1.29, 1.82) is 0 Å². The fourth-order valence-corrected chi connectivity index (χ4v) is 6.34. The number of ether oxygens (including phenoxy) is 2. The first-order chi connectivity index (χ1) is 16.8. The highest BCUT2D eigenvalue weighted by Crippen LogP contribution is 2.40. The van der Waals surface area contributed by atoms with Gasteiger partial charge in [0.15, 0.2) is 0 Å². The molecule has 1 saturated heterocycles. The zero-order valence-corrected chi connectivity index (χ0v) is 21.1. The van der Waals surface area contributed by atoms with Gasteiger partial charge in [-0.25, -0.2) is 13.2 Å². The first kappa shape index (κ1) is 25.1. The molecule has 3 aromatic rings. The van der Waals surface area contributed by atoms with Crippen LogP contribution in [0.25, 0.3) is 11.1 Å².